The van der Waals surface area contributed by atoms with E-state index in [4.69, 9.17) is 0 Å². The van der Waals surface area contributed by atoms with Gasteiger partial charge in [-0.1, -0.05) is 12.1 Å². The van der Waals surface area contributed by atoms with Crippen LogP contribution in [-0.2, 0) is 22.0 Å². The highest BCUT2D eigenvalue weighted by molar-refractivity contribution is 7.89. The third kappa shape index (κ3) is 3.06. The number of anilines is 1. The monoisotopic (exact) mass is 267 g/mol. The second kappa shape index (κ2) is 4.94. The highest BCUT2D eigenvalue weighted by atomic mass is 32.2. The van der Waals surface area contributed by atoms with Crippen LogP contribution in [0.1, 0.15) is 17.5 Å². The Balaban J connectivity index is 2.37. The van der Waals surface area contributed by atoms with Crippen LogP contribution in [0.2, 0.25) is 6.82 Å². The molecule has 0 atom stereocenters. The van der Waals surface area contributed by atoms with E-state index < -0.39 is 16.9 Å². The molecule has 0 saturated carbocycles. The summed E-state index contributed by atoms with van der Waals surface area (Å²) in [5.41, 5.74) is 2.93. The van der Waals surface area contributed by atoms with Crippen LogP contribution < -0.4 is 4.81 Å². The summed E-state index contributed by atoms with van der Waals surface area (Å²) >= 11 is 0. The maximum Gasteiger partial charge on any atom is 0.409 e. The minimum atomic E-state index is -3.02. The van der Waals surface area contributed by atoms with Crippen LogP contribution in [0.5, 0.6) is 0 Å². The summed E-state index contributed by atoms with van der Waals surface area (Å²) in [5.74, 6) is 0.0495. The molecule has 0 bridgehead atoms. The lowest BCUT2D eigenvalue weighted by atomic mass is 9.81. The zero-order valence-corrected chi connectivity index (χ0v) is 11.6. The lowest BCUT2D eigenvalue weighted by Crippen LogP contribution is -2.40. The van der Waals surface area contributed by atoms with Crippen LogP contribution in [0.4, 0.5) is 5.69 Å². The summed E-state index contributed by atoms with van der Waals surface area (Å²) in [6, 6.07) is 5.73. The van der Waals surface area contributed by atoms with E-state index in [0.29, 0.717) is 0 Å². The van der Waals surface area contributed by atoms with Crippen LogP contribution in [-0.4, -0.2) is 33.3 Å². The van der Waals surface area contributed by atoms with E-state index in [1.54, 1.807) is 6.82 Å². The Morgan fingerprint density at radius 3 is 2.78 bits per heavy atom. The number of fused-ring (bicyclic) bond motifs is 1. The van der Waals surface area contributed by atoms with Gasteiger partial charge in [0.25, 0.3) is 0 Å². The molecule has 4 nitrogen and oxygen atoms in total. The van der Waals surface area contributed by atoms with E-state index in [0.717, 1.165) is 30.6 Å². The highest BCUT2D eigenvalue weighted by Gasteiger charge is 2.23. The van der Waals surface area contributed by atoms with Crippen molar-refractivity contribution in [3.05, 3.63) is 29.3 Å². The summed E-state index contributed by atoms with van der Waals surface area (Å²) < 4.78 is 22.6. The molecular weight excluding hydrogens is 249 g/mol. The number of rotatable bonds is 3. The fraction of sp³-hybridized carbons (Fsp3) is 0.500. The van der Waals surface area contributed by atoms with Crippen LogP contribution in [0.25, 0.3) is 0 Å². The number of hydrogen-bond donors (Lipinski definition) is 1. The highest BCUT2D eigenvalue weighted by Crippen LogP contribution is 2.29. The summed E-state index contributed by atoms with van der Waals surface area (Å²) in [4.78, 5) is 1.92. The predicted molar refractivity (Wildman–Crippen MR) is 74.5 cm³/mol. The fourth-order valence-electron chi connectivity index (χ4n) is 2.43. The number of nitrogens with zero attached hydrogens (tertiary/aromatic N) is 1. The van der Waals surface area contributed by atoms with Crippen molar-refractivity contribution < 1.29 is 13.4 Å². The van der Waals surface area contributed by atoms with Crippen molar-refractivity contribution in [3.8, 4) is 0 Å². The van der Waals surface area contributed by atoms with Gasteiger partial charge in [0, 0.05) is 18.5 Å². The van der Waals surface area contributed by atoms with Gasteiger partial charge in [-0.3, -0.25) is 0 Å². The Morgan fingerprint density at radius 2 is 2.17 bits per heavy atom. The molecule has 0 unspecified atom stereocenters. The van der Waals surface area contributed by atoms with Gasteiger partial charge in [0.15, 0.2) is 9.84 Å². The third-order valence-electron chi connectivity index (χ3n) is 3.18. The number of sulfone groups is 1. The Kier molecular flexibility index (Phi) is 3.68. The van der Waals surface area contributed by atoms with Gasteiger partial charge in [0.1, 0.15) is 0 Å². The molecule has 98 valence electrons. The molecule has 18 heavy (non-hydrogen) atoms. The normalized spacial score (nSPS) is 15.4. The number of hydrogen-bond acceptors (Lipinski definition) is 4. The lowest BCUT2D eigenvalue weighted by molar-refractivity contribution is 0.563. The Labute approximate surface area is 109 Å². The molecule has 0 aliphatic carbocycles. The molecule has 2 rings (SSSR count). The SMILES string of the molecule is CB(O)N1CCCc2ccc(CS(C)(=O)=O)cc21. The molecule has 0 aromatic heterocycles. The molecule has 0 radical (unpaired) electrons. The molecule has 0 fully saturated rings. The standard InChI is InChI=1S/C12H18BNO3S/c1-13(15)14-7-3-4-11-6-5-10(8-12(11)14)9-18(2,16)17/h5-6,8,15H,3-4,7,9H2,1-2H3. The Bertz CT molecular complexity index is 542. The molecular formula is C12H18BNO3S. The first-order valence-electron chi connectivity index (χ1n) is 6.11. The summed E-state index contributed by atoms with van der Waals surface area (Å²) in [6.45, 7) is 2.55. The van der Waals surface area contributed by atoms with Crippen molar-refractivity contribution in [3.63, 3.8) is 0 Å². The summed E-state index contributed by atoms with van der Waals surface area (Å²) in [7, 11) is -3.57. The summed E-state index contributed by atoms with van der Waals surface area (Å²) in [5, 5.41) is 9.76. The first-order chi connectivity index (χ1) is 8.37. The maximum absolute atomic E-state index is 11.3. The van der Waals surface area contributed by atoms with Gasteiger partial charge in [-0.05, 0) is 36.9 Å². The van der Waals surface area contributed by atoms with Crippen molar-refractivity contribution in [2.75, 3.05) is 17.6 Å². The van der Waals surface area contributed by atoms with Gasteiger partial charge < -0.3 is 9.83 Å². The van der Waals surface area contributed by atoms with Crippen molar-refractivity contribution in [1.82, 2.24) is 0 Å². The van der Waals surface area contributed by atoms with Crippen LogP contribution in [0.3, 0.4) is 0 Å². The lowest BCUT2D eigenvalue weighted by Gasteiger charge is -2.32. The average molecular weight is 267 g/mol. The second-order valence-corrected chi connectivity index (χ2v) is 7.10. The van der Waals surface area contributed by atoms with Crippen molar-refractivity contribution in [1.29, 1.82) is 0 Å². The van der Waals surface area contributed by atoms with Crippen molar-refractivity contribution in [2.24, 2.45) is 0 Å². The third-order valence-corrected chi connectivity index (χ3v) is 4.04. The van der Waals surface area contributed by atoms with E-state index in [-0.39, 0.29) is 5.75 Å². The van der Waals surface area contributed by atoms with E-state index in [2.05, 4.69) is 0 Å². The Morgan fingerprint density at radius 1 is 1.44 bits per heavy atom. The van der Waals surface area contributed by atoms with Crippen LogP contribution >= 0.6 is 0 Å². The van der Waals surface area contributed by atoms with Gasteiger partial charge in [-0.2, -0.15) is 0 Å². The number of aryl methyl sites for hydroxylation is 1. The van der Waals surface area contributed by atoms with Gasteiger partial charge in [-0.25, -0.2) is 8.42 Å². The van der Waals surface area contributed by atoms with E-state index in [1.807, 2.05) is 23.0 Å². The first-order valence-corrected chi connectivity index (χ1v) is 8.17. The molecule has 1 aromatic carbocycles. The zero-order chi connectivity index (χ0) is 13.3. The molecule has 1 aromatic rings. The molecule has 1 aliphatic heterocycles. The first kappa shape index (κ1) is 13.4. The van der Waals surface area contributed by atoms with Crippen LogP contribution in [0.15, 0.2) is 18.2 Å². The van der Waals surface area contributed by atoms with Gasteiger partial charge in [-0.15, -0.1) is 0 Å². The quantitative estimate of drug-likeness (QED) is 0.833. The molecule has 1 heterocycles. The predicted octanol–water partition coefficient (Wildman–Crippen LogP) is 1.09. The van der Waals surface area contributed by atoms with Gasteiger partial charge in [0.05, 0.1) is 5.75 Å². The average Bonchev–Trinajstić information content (AvgIpc) is 2.25. The largest absolute Gasteiger partial charge is 0.432 e. The minimum Gasteiger partial charge on any atom is -0.432 e. The van der Waals surface area contributed by atoms with E-state index in [1.165, 1.54) is 11.8 Å². The molecule has 1 N–H and O–H groups in total. The van der Waals surface area contributed by atoms with Crippen molar-refractivity contribution >= 4 is 22.6 Å². The van der Waals surface area contributed by atoms with Gasteiger partial charge >= 0.3 is 7.05 Å². The van der Waals surface area contributed by atoms with Gasteiger partial charge in [0.2, 0.25) is 0 Å². The number of benzene rings is 1. The fourth-order valence-corrected chi connectivity index (χ4v) is 3.21. The molecule has 0 amide bonds. The van der Waals surface area contributed by atoms with Crippen molar-refractivity contribution in [2.45, 2.75) is 25.4 Å². The molecule has 0 saturated heterocycles. The molecule has 1 aliphatic rings. The molecule has 6 heteroatoms. The van der Waals surface area contributed by atoms with Crippen LogP contribution in [0, 0.1) is 0 Å². The Hall–Kier alpha value is -1.01. The topological polar surface area (TPSA) is 57.6 Å². The smallest absolute Gasteiger partial charge is 0.409 e. The summed E-state index contributed by atoms with van der Waals surface area (Å²) in [6.07, 6.45) is 3.24. The maximum atomic E-state index is 11.3. The van der Waals surface area contributed by atoms with E-state index in [9.17, 15) is 13.4 Å². The van der Waals surface area contributed by atoms with E-state index >= 15 is 0 Å². The zero-order valence-electron chi connectivity index (χ0n) is 10.8. The minimum absolute atomic E-state index is 0.0495. The second-order valence-electron chi connectivity index (χ2n) is 4.96. The molecule has 0 spiro atoms.